The molecule has 4 N–H and O–H groups in total. The van der Waals surface area contributed by atoms with E-state index < -0.39 is 12.1 Å². The first-order valence-corrected chi connectivity index (χ1v) is 13.7. The van der Waals surface area contributed by atoms with Gasteiger partial charge in [-0.15, -0.1) is 0 Å². The average molecular weight is 572 g/mol. The minimum Gasteiger partial charge on any atom is -0.466 e. The van der Waals surface area contributed by atoms with Gasteiger partial charge in [-0.25, -0.2) is 9.48 Å². The SMILES string of the molecule is CCOC(=O)Cc1[nH]n(-c2ccc(NC(=O)OC)cc2)c(=O)c1C=Nc1ccccc1CC.CCc1ccccc1N. The number of aliphatic imine (C=N–C) groups is 1. The summed E-state index contributed by atoms with van der Waals surface area (Å²) in [5.41, 5.74) is 10.9. The highest BCUT2D eigenvalue weighted by atomic mass is 16.5. The number of nitrogen functional groups attached to an aromatic ring is 1. The minimum atomic E-state index is -0.595. The lowest BCUT2D eigenvalue weighted by atomic mass is 10.1. The summed E-state index contributed by atoms with van der Waals surface area (Å²) < 4.78 is 10.9. The van der Waals surface area contributed by atoms with Crippen LogP contribution in [0, 0.1) is 0 Å². The minimum absolute atomic E-state index is 0.102. The standard InChI is InChI=1S/C24H26N4O5.C8H11N/c1-4-16-8-6-7-9-20(16)25-15-19-21(14-22(29)33-5-2)27-28(23(19)30)18-12-10-17(11-13-18)26-24(31)32-3;1-2-7-5-3-4-6-8(7)9/h6-13,15,27H,4-5,14H2,1-3H3,(H,26,31);3-6H,2,9H2,1H3. The number of esters is 1. The number of nitrogens with zero attached hydrogens (tertiary/aromatic N) is 2. The van der Waals surface area contributed by atoms with E-state index in [1.807, 2.05) is 49.4 Å². The number of rotatable bonds is 9. The number of benzene rings is 3. The molecular weight excluding hydrogens is 534 g/mol. The van der Waals surface area contributed by atoms with E-state index in [-0.39, 0.29) is 24.2 Å². The zero-order valence-corrected chi connectivity index (χ0v) is 24.3. The van der Waals surface area contributed by atoms with E-state index in [1.54, 1.807) is 31.2 Å². The summed E-state index contributed by atoms with van der Waals surface area (Å²) >= 11 is 0. The lowest BCUT2D eigenvalue weighted by Gasteiger charge is -2.06. The third-order valence-electron chi connectivity index (χ3n) is 6.33. The Kier molecular flexibility index (Phi) is 11.7. The fourth-order valence-electron chi connectivity index (χ4n) is 4.09. The topological polar surface area (TPSA) is 141 Å². The second kappa shape index (κ2) is 15.6. The first-order chi connectivity index (χ1) is 20.3. The van der Waals surface area contributed by atoms with Crippen LogP contribution in [0.15, 0.2) is 82.6 Å². The smallest absolute Gasteiger partial charge is 0.411 e. The van der Waals surface area contributed by atoms with Crippen molar-refractivity contribution in [3.63, 3.8) is 0 Å². The predicted octanol–water partition coefficient (Wildman–Crippen LogP) is 5.59. The Morgan fingerprint density at radius 1 is 0.952 bits per heavy atom. The number of nitrogens with two attached hydrogens (primary N) is 1. The van der Waals surface area contributed by atoms with Gasteiger partial charge in [0.15, 0.2) is 0 Å². The molecule has 0 aliphatic heterocycles. The van der Waals surface area contributed by atoms with Crippen molar-refractivity contribution in [2.45, 2.75) is 40.0 Å². The number of carbonyl (C=O) groups is 2. The van der Waals surface area contributed by atoms with Crippen molar-refractivity contribution in [1.82, 2.24) is 9.78 Å². The predicted molar refractivity (Wildman–Crippen MR) is 166 cm³/mol. The molecule has 220 valence electrons. The molecule has 0 saturated heterocycles. The van der Waals surface area contributed by atoms with E-state index in [1.165, 1.54) is 23.6 Å². The van der Waals surface area contributed by atoms with E-state index in [0.29, 0.717) is 17.1 Å². The van der Waals surface area contributed by atoms with E-state index >= 15 is 0 Å². The van der Waals surface area contributed by atoms with Crippen LogP contribution in [0.1, 0.15) is 43.2 Å². The molecule has 0 spiro atoms. The summed E-state index contributed by atoms with van der Waals surface area (Å²) in [6, 6.07) is 22.2. The van der Waals surface area contributed by atoms with Crippen molar-refractivity contribution < 1.29 is 19.1 Å². The summed E-state index contributed by atoms with van der Waals surface area (Å²) in [6.45, 7) is 6.10. The Balaban J connectivity index is 0.000000458. The molecule has 10 nitrogen and oxygen atoms in total. The Bertz CT molecular complexity index is 1570. The number of aromatic nitrogens is 2. The summed E-state index contributed by atoms with van der Waals surface area (Å²) in [7, 11) is 1.27. The van der Waals surface area contributed by atoms with Gasteiger partial charge >= 0.3 is 12.1 Å². The van der Waals surface area contributed by atoms with Gasteiger partial charge in [0, 0.05) is 17.6 Å². The fraction of sp³-hybridized carbons (Fsp3) is 0.250. The summed E-state index contributed by atoms with van der Waals surface area (Å²) in [5.74, 6) is -0.452. The molecule has 0 fully saturated rings. The Morgan fingerprint density at radius 3 is 2.19 bits per heavy atom. The van der Waals surface area contributed by atoms with Crippen LogP contribution in [0.2, 0.25) is 0 Å². The van der Waals surface area contributed by atoms with Crippen LogP contribution in [-0.2, 0) is 33.5 Å². The number of H-pyrrole nitrogens is 1. The first kappa shape index (κ1) is 31.4. The van der Waals surface area contributed by atoms with Crippen molar-refractivity contribution >= 4 is 35.3 Å². The van der Waals surface area contributed by atoms with Gasteiger partial charge in [0.05, 0.1) is 42.8 Å². The molecule has 0 saturated carbocycles. The van der Waals surface area contributed by atoms with Crippen LogP contribution in [0.4, 0.5) is 21.9 Å². The molecule has 0 aliphatic rings. The number of nitrogens with one attached hydrogen (secondary N) is 2. The number of hydrogen-bond acceptors (Lipinski definition) is 7. The van der Waals surface area contributed by atoms with Gasteiger partial charge in [0.25, 0.3) is 5.56 Å². The van der Waals surface area contributed by atoms with Crippen molar-refractivity contribution in [3.8, 4) is 5.69 Å². The molecule has 0 bridgehead atoms. The van der Waals surface area contributed by atoms with Gasteiger partial charge in [0.1, 0.15) is 0 Å². The molecule has 10 heteroatoms. The Labute approximate surface area is 245 Å². The van der Waals surface area contributed by atoms with E-state index in [2.05, 4.69) is 33.1 Å². The van der Waals surface area contributed by atoms with E-state index in [0.717, 1.165) is 29.8 Å². The number of ether oxygens (including phenoxy) is 2. The van der Waals surface area contributed by atoms with E-state index in [9.17, 15) is 14.4 Å². The number of methoxy groups -OCH3 is 1. The zero-order valence-electron chi connectivity index (χ0n) is 24.3. The fourth-order valence-corrected chi connectivity index (χ4v) is 4.09. The molecule has 3 aromatic carbocycles. The molecule has 4 aromatic rings. The maximum absolute atomic E-state index is 13.2. The second-order valence-corrected chi connectivity index (χ2v) is 9.08. The van der Waals surface area contributed by atoms with Crippen LogP contribution in [-0.4, -0.2) is 41.8 Å². The van der Waals surface area contributed by atoms with Crippen LogP contribution in [0.5, 0.6) is 0 Å². The second-order valence-electron chi connectivity index (χ2n) is 9.08. The summed E-state index contributed by atoms with van der Waals surface area (Å²) in [6.07, 6.45) is 2.60. The number of aromatic amines is 1. The van der Waals surface area contributed by atoms with Gasteiger partial charge in [0.2, 0.25) is 0 Å². The van der Waals surface area contributed by atoms with Crippen LogP contribution in [0.25, 0.3) is 5.69 Å². The van der Waals surface area contributed by atoms with Crippen LogP contribution in [0.3, 0.4) is 0 Å². The van der Waals surface area contributed by atoms with Gasteiger partial charge in [-0.3, -0.25) is 25.0 Å². The van der Waals surface area contributed by atoms with Crippen molar-refractivity contribution in [3.05, 3.63) is 106 Å². The number of anilines is 2. The molecule has 42 heavy (non-hydrogen) atoms. The highest BCUT2D eigenvalue weighted by Crippen LogP contribution is 2.19. The lowest BCUT2D eigenvalue weighted by Crippen LogP contribution is -2.17. The van der Waals surface area contributed by atoms with Gasteiger partial charge in [-0.2, -0.15) is 0 Å². The third kappa shape index (κ3) is 8.44. The third-order valence-corrected chi connectivity index (χ3v) is 6.33. The molecule has 0 unspecified atom stereocenters. The molecule has 4 rings (SSSR count). The summed E-state index contributed by atoms with van der Waals surface area (Å²) in [4.78, 5) is 41.2. The van der Waals surface area contributed by atoms with Crippen LogP contribution >= 0.6 is 0 Å². The highest BCUT2D eigenvalue weighted by molar-refractivity contribution is 5.86. The first-order valence-electron chi connectivity index (χ1n) is 13.7. The quantitative estimate of drug-likeness (QED) is 0.136. The Morgan fingerprint density at radius 2 is 1.60 bits per heavy atom. The average Bonchev–Trinajstić information content (AvgIpc) is 3.31. The molecule has 0 atom stereocenters. The van der Waals surface area contributed by atoms with E-state index in [4.69, 9.17) is 10.5 Å². The molecule has 0 radical (unpaired) electrons. The number of aryl methyl sites for hydroxylation is 2. The van der Waals surface area contributed by atoms with Gasteiger partial charge < -0.3 is 15.2 Å². The summed E-state index contributed by atoms with van der Waals surface area (Å²) in [5, 5.41) is 5.54. The number of hydrogen-bond donors (Lipinski definition) is 3. The molecule has 0 aliphatic carbocycles. The number of amides is 1. The van der Waals surface area contributed by atoms with Crippen molar-refractivity contribution in [2.75, 3.05) is 24.8 Å². The Hall–Kier alpha value is -5.12. The highest BCUT2D eigenvalue weighted by Gasteiger charge is 2.17. The monoisotopic (exact) mass is 571 g/mol. The maximum Gasteiger partial charge on any atom is 0.411 e. The van der Waals surface area contributed by atoms with Crippen LogP contribution < -0.4 is 16.6 Å². The maximum atomic E-state index is 13.2. The van der Waals surface area contributed by atoms with Crippen molar-refractivity contribution in [2.24, 2.45) is 4.99 Å². The number of carbonyl (C=O) groups excluding carboxylic acids is 2. The normalized spacial score (nSPS) is 10.6. The molecule has 1 heterocycles. The zero-order chi connectivity index (χ0) is 30.5. The van der Waals surface area contributed by atoms with Gasteiger partial charge in [-0.1, -0.05) is 50.2 Å². The lowest BCUT2D eigenvalue weighted by molar-refractivity contribution is -0.142. The van der Waals surface area contributed by atoms with Crippen molar-refractivity contribution in [1.29, 1.82) is 0 Å². The number of para-hydroxylation sites is 2. The van der Waals surface area contributed by atoms with Gasteiger partial charge in [-0.05, 0) is 67.3 Å². The molecule has 1 amide bonds. The largest absolute Gasteiger partial charge is 0.466 e. The molecular formula is C32H37N5O5. The molecule has 1 aromatic heterocycles.